The van der Waals surface area contributed by atoms with E-state index in [-0.39, 0.29) is 0 Å². The van der Waals surface area contributed by atoms with Gasteiger partial charge in [0.2, 0.25) is 5.91 Å². The van der Waals surface area contributed by atoms with Crippen molar-refractivity contribution in [1.82, 2.24) is 4.90 Å². The Hall–Kier alpha value is -2.39. The van der Waals surface area contributed by atoms with E-state index in [1.165, 1.54) is 23.1 Å². The van der Waals surface area contributed by atoms with Crippen LogP contribution in [0, 0.1) is 11.8 Å². The van der Waals surface area contributed by atoms with Crippen LogP contribution in [-0.4, -0.2) is 30.5 Å². The first kappa shape index (κ1) is 19.9. The molecule has 2 unspecified atom stereocenters. The maximum absolute atomic E-state index is 12.7. The molecule has 3 nitrogen and oxygen atoms in total. The van der Waals surface area contributed by atoms with E-state index < -0.39 is 0 Å². The number of amides is 1. The van der Waals surface area contributed by atoms with Gasteiger partial charge in [0.1, 0.15) is 0 Å². The summed E-state index contributed by atoms with van der Waals surface area (Å²) in [6, 6.07) is 20.8. The Bertz CT molecular complexity index is 815. The smallest absolute Gasteiger partial charge is 0.222 e. The number of benzene rings is 2. The van der Waals surface area contributed by atoms with Crippen LogP contribution in [0.2, 0.25) is 0 Å². The zero-order valence-electron chi connectivity index (χ0n) is 17.1. The number of hydrogen-bond acceptors (Lipinski definition) is 2. The maximum Gasteiger partial charge on any atom is 0.222 e. The van der Waals surface area contributed by atoms with Crippen LogP contribution in [0.25, 0.3) is 0 Å². The van der Waals surface area contributed by atoms with Gasteiger partial charge in [0, 0.05) is 19.5 Å². The summed E-state index contributed by atoms with van der Waals surface area (Å²) in [4.78, 5) is 14.8. The molecule has 0 N–H and O–H groups in total. The fraction of sp³-hybridized carbons (Fsp3) is 0.423. The van der Waals surface area contributed by atoms with Crippen molar-refractivity contribution in [1.29, 1.82) is 0 Å². The molecule has 152 valence electrons. The number of fused-ring (bicyclic) bond motifs is 1. The van der Waals surface area contributed by atoms with Gasteiger partial charge >= 0.3 is 0 Å². The topological polar surface area (TPSA) is 29.5 Å². The predicted octanol–water partition coefficient (Wildman–Crippen LogP) is 5.02. The molecule has 1 aliphatic carbocycles. The minimum absolute atomic E-state index is 0.325. The molecule has 2 aromatic carbocycles. The summed E-state index contributed by atoms with van der Waals surface area (Å²) in [5, 5.41) is 0. The summed E-state index contributed by atoms with van der Waals surface area (Å²) < 4.78 is 5.95. The Morgan fingerprint density at radius 1 is 0.862 bits per heavy atom. The van der Waals surface area contributed by atoms with Gasteiger partial charge in [0.05, 0.1) is 13.2 Å². The van der Waals surface area contributed by atoms with E-state index >= 15 is 0 Å². The molecule has 3 heteroatoms. The van der Waals surface area contributed by atoms with Crippen LogP contribution in [-0.2, 0) is 22.6 Å². The lowest BCUT2D eigenvalue weighted by molar-refractivity contribution is -0.131. The summed E-state index contributed by atoms with van der Waals surface area (Å²) in [5.41, 5.74) is 3.94. The van der Waals surface area contributed by atoms with Crippen LogP contribution >= 0.6 is 0 Å². The Kier molecular flexibility index (Phi) is 6.79. The molecule has 2 atom stereocenters. The van der Waals surface area contributed by atoms with Crippen LogP contribution in [0.15, 0.2) is 72.3 Å². The number of likely N-dealkylation sites (tertiary alicyclic amines) is 1. The minimum Gasteiger partial charge on any atom is -0.372 e. The van der Waals surface area contributed by atoms with Gasteiger partial charge in [-0.05, 0) is 54.2 Å². The minimum atomic E-state index is 0.325. The Morgan fingerprint density at radius 3 is 2.34 bits per heavy atom. The molecule has 1 fully saturated rings. The number of ether oxygens (including phenoxy) is 1. The van der Waals surface area contributed by atoms with Gasteiger partial charge in [-0.2, -0.15) is 0 Å². The number of rotatable bonds is 7. The van der Waals surface area contributed by atoms with E-state index in [1.807, 2.05) is 12.1 Å². The average molecular weight is 390 g/mol. The van der Waals surface area contributed by atoms with Crippen molar-refractivity contribution in [2.75, 3.05) is 19.7 Å². The van der Waals surface area contributed by atoms with Crippen LogP contribution in [0.5, 0.6) is 0 Å². The summed E-state index contributed by atoms with van der Waals surface area (Å²) in [5.74, 6) is 1.44. The number of allylic oxidation sites excluding steroid dienone is 1. The highest BCUT2D eigenvalue weighted by atomic mass is 16.5. The first-order valence-corrected chi connectivity index (χ1v) is 10.9. The molecule has 0 aromatic heterocycles. The van der Waals surface area contributed by atoms with Crippen molar-refractivity contribution in [3.8, 4) is 0 Å². The van der Waals surface area contributed by atoms with E-state index in [0.29, 0.717) is 37.4 Å². The third-order valence-electron chi connectivity index (χ3n) is 6.30. The van der Waals surface area contributed by atoms with Gasteiger partial charge in [0.15, 0.2) is 0 Å². The van der Waals surface area contributed by atoms with Crippen LogP contribution in [0.1, 0.15) is 36.8 Å². The summed E-state index contributed by atoms with van der Waals surface area (Å²) in [6.45, 7) is 3.12. The molecule has 0 radical (unpaired) electrons. The van der Waals surface area contributed by atoms with Crippen LogP contribution in [0.3, 0.4) is 0 Å². The molecule has 2 aliphatic rings. The van der Waals surface area contributed by atoms with Gasteiger partial charge in [-0.3, -0.25) is 4.79 Å². The molecule has 1 amide bonds. The summed E-state index contributed by atoms with van der Waals surface area (Å²) in [7, 11) is 0. The molecule has 0 saturated carbocycles. The lowest BCUT2D eigenvalue weighted by atomic mass is 9.79. The number of carbonyl (C=O) groups excluding carboxylic acids is 1. The Morgan fingerprint density at radius 2 is 1.59 bits per heavy atom. The van der Waals surface area contributed by atoms with E-state index in [1.54, 1.807) is 0 Å². The molecule has 2 aromatic rings. The quantitative estimate of drug-likeness (QED) is 0.622. The predicted molar refractivity (Wildman–Crippen MR) is 116 cm³/mol. The molecule has 0 bridgehead atoms. The van der Waals surface area contributed by atoms with Crippen LogP contribution in [0.4, 0.5) is 0 Å². The first-order valence-electron chi connectivity index (χ1n) is 10.9. The fourth-order valence-electron chi connectivity index (χ4n) is 4.61. The summed E-state index contributed by atoms with van der Waals surface area (Å²) >= 11 is 0. The van der Waals surface area contributed by atoms with Crippen molar-refractivity contribution in [3.63, 3.8) is 0 Å². The van der Waals surface area contributed by atoms with Crippen molar-refractivity contribution < 1.29 is 9.53 Å². The third-order valence-corrected chi connectivity index (χ3v) is 6.30. The standard InChI is InChI=1S/C26H31NO2/c28-26-14-13-24-17-23(20-29-19-22-9-5-2-6-10-22)11-12-25(24)18-27(26)16-15-21-7-3-1-4-8-21/h1-10,17,24-25H,11-16,18-20H2. The normalized spacial score (nSPS) is 22.0. The van der Waals surface area contributed by atoms with Gasteiger partial charge < -0.3 is 9.64 Å². The largest absolute Gasteiger partial charge is 0.372 e. The van der Waals surface area contributed by atoms with Gasteiger partial charge in [-0.1, -0.05) is 66.7 Å². The van der Waals surface area contributed by atoms with Gasteiger partial charge in [-0.25, -0.2) is 0 Å². The van der Waals surface area contributed by atoms with E-state index in [4.69, 9.17) is 4.74 Å². The first-order chi connectivity index (χ1) is 14.3. The van der Waals surface area contributed by atoms with E-state index in [2.05, 4.69) is 59.5 Å². The maximum atomic E-state index is 12.7. The molecular formula is C26H31NO2. The SMILES string of the molecule is O=C1CCC2C=C(COCc3ccccc3)CCC2CN1CCc1ccccc1. The molecule has 1 heterocycles. The highest BCUT2D eigenvalue weighted by Gasteiger charge is 2.31. The van der Waals surface area contributed by atoms with Crippen molar-refractivity contribution in [2.45, 2.75) is 38.7 Å². The zero-order chi connectivity index (χ0) is 19.9. The molecule has 0 spiro atoms. The fourth-order valence-corrected chi connectivity index (χ4v) is 4.61. The molecule has 1 saturated heterocycles. The Labute approximate surface area is 174 Å². The Balaban J connectivity index is 1.30. The van der Waals surface area contributed by atoms with Crippen molar-refractivity contribution >= 4 is 5.91 Å². The van der Waals surface area contributed by atoms with Crippen LogP contribution < -0.4 is 0 Å². The highest BCUT2D eigenvalue weighted by molar-refractivity contribution is 5.76. The second kappa shape index (κ2) is 9.89. The number of carbonyl (C=O) groups is 1. The highest BCUT2D eigenvalue weighted by Crippen LogP contribution is 2.35. The van der Waals surface area contributed by atoms with Crippen molar-refractivity contribution in [3.05, 3.63) is 83.4 Å². The monoisotopic (exact) mass is 389 g/mol. The second-order valence-electron chi connectivity index (χ2n) is 8.38. The van der Waals surface area contributed by atoms with E-state index in [0.717, 1.165) is 32.4 Å². The molecule has 29 heavy (non-hydrogen) atoms. The molecule has 4 rings (SSSR count). The third kappa shape index (κ3) is 5.57. The van der Waals surface area contributed by atoms with E-state index in [9.17, 15) is 4.79 Å². The summed E-state index contributed by atoms with van der Waals surface area (Å²) in [6.07, 6.45) is 7.28. The number of hydrogen-bond donors (Lipinski definition) is 0. The number of nitrogens with zero attached hydrogens (tertiary/aromatic N) is 1. The zero-order valence-corrected chi connectivity index (χ0v) is 17.1. The second-order valence-corrected chi connectivity index (χ2v) is 8.38. The van der Waals surface area contributed by atoms with Gasteiger partial charge in [0.25, 0.3) is 0 Å². The lowest BCUT2D eigenvalue weighted by Gasteiger charge is -2.31. The lowest BCUT2D eigenvalue weighted by Crippen LogP contribution is -2.36. The van der Waals surface area contributed by atoms with Gasteiger partial charge in [-0.15, -0.1) is 0 Å². The molecular weight excluding hydrogens is 358 g/mol. The molecule has 1 aliphatic heterocycles. The average Bonchev–Trinajstić information content (AvgIpc) is 2.92. The van der Waals surface area contributed by atoms with Crippen molar-refractivity contribution in [2.24, 2.45) is 11.8 Å².